The molecule has 1 aliphatic heterocycles. The highest BCUT2D eigenvalue weighted by atomic mass is 19.1. The number of aliphatic hydroxyl groups excluding tert-OH is 1. The number of ketones is 1. The first-order valence-corrected chi connectivity index (χ1v) is 9.26. The molecule has 1 amide bonds. The van der Waals surface area contributed by atoms with Gasteiger partial charge in [0.25, 0.3) is 11.7 Å². The zero-order valence-corrected chi connectivity index (χ0v) is 16.0. The van der Waals surface area contributed by atoms with Crippen molar-refractivity contribution < 1.29 is 23.5 Å². The van der Waals surface area contributed by atoms with Gasteiger partial charge in [0.2, 0.25) is 0 Å². The topological polar surface area (TPSA) is 57.6 Å². The van der Waals surface area contributed by atoms with Crippen LogP contribution in [0.4, 0.5) is 14.5 Å². The molecule has 6 heteroatoms. The highest BCUT2D eigenvalue weighted by Crippen LogP contribution is 2.42. The highest BCUT2D eigenvalue weighted by Gasteiger charge is 2.46. The predicted molar refractivity (Wildman–Crippen MR) is 109 cm³/mol. The molecule has 30 heavy (non-hydrogen) atoms. The van der Waals surface area contributed by atoms with E-state index in [2.05, 4.69) is 0 Å². The van der Waals surface area contributed by atoms with Gasteiger partial charge in [-0.05, 0) is 60.5 Å². The van der Waals surface area contributed by atoms with Crippen molar-refractivity contribution >= 4 is 23.1 Å². The molecule has 1 N–H and O–H groups in total. The highest BCUT2D eigenvalue weighted by molar-refractivity contribution is 6.51. The predicted octanol–water partition coefficient (Wildman–Crippen LogP) is 4.90. The van der Waals surface area contributed by atoms with Crippen molar-refractivity contribution in [1.82, 2.24) is 0 Å². The van der Waals surface area contributed by atoms with Crippen LogP contribution in [-0.2, 0) is 9.59 Å². The van der Waals surface area contributed by atoms with Gasteiger partial charge in [-0.1, -0.05) is 30.3 Å². The van der Waals surface area contributed by atoms with E-state index in [9.17, 15) is 23.5 Å². The van der Waals surface area contributed by atoms with Crippen LogP contribution in [0.3, 0.4) is 0 Å². The number of halogens is 2. The van der Waals surface area contributed by atoms with E-state index in [0.717, 1.165) is 0 Å². The van der Waals surface area contributed by atoms with Crippen LogP contribution in [0.5, 0.6) is 0 Å². The van der Waals surface area contributed by atoms with Crippen LogP contribution in [0.2, 0.25) is 0 Å². The number of para-hydroxylation sites is 1. The Hall–Kier alpha value is -3.80. The first-order valence-electron chi connectivity index (χ1n) is 9.26. The number of hydrogen-bond acceptors (Lipinski definition) is 3. The lowest BCUT2D eigenvalue weighted by atomic mass is 9.94. The summed E-state index contributed by atoms with van der Waals surface area (Å²) in [4.78, 5) is 27.1. The van der Waals surface area contributed by atoms with E-state index in [1.54, 1.807) is 30.3 Å². The van der Waals surface area contributed by atoms with Crippen LogP contribution >= 0.6 is 0 Å². The average Bonchev–Trinajstić information content (AvgIpc) is 3.01. The molecule has 1 unspecified atom stereocenters. The van der Waals surface area contributed by atoms with Crippen LogP contribution in [0.1, 0.15) is 22.7 Å². The van der Waals surface area contributed by atoms with Crippen molar-refractivity contribution in [1.29, 1.82) is 0 Å². The van der Waals surface area contributed by atoms with Gasteiger partial charge >= 0.3 is 0 Å². The van der Waals surface area contributed by atoms with Crippen molar-refractivity contribution in [3.05, 3.63) is 107 Å². The molecule has 4 rings (SSSR count). The molecule has 0 radical (unpaired) electrons. The molecule has 3 aromatic rings. The number of benzene rings is 3. The normalized spacial score (nSPS) is 18.1. The second-order valence-electron chi connectivity index (χ2n) is 7.02. The summed E-state index contributed by atoms with van der Waals surface area (Å²) in [5.74, 6) is -3.01. The number of hydrogen-bond donors (Lipinski definition) is 1. The van der Waals surface area contributed by atoms with Gasteiger partial charge < -0.3 is 5.11 Å². The van der Waals surface area contributed by atoms with Crippen LogP contribution in [-0.4, -0.2) is 16.8 Å². The van der Waals surface area contributed by atoms with E-state index in [1.165, 1.54) is 54.3 Å². The lowest BCUT2D eigenvalue weighted by molar-refractivity contribution is -0.132. The minimum Gasteiger partial charge on any atom is -0.507 e. The molecule has 4 nitrogen and oxygen atoms in total. The number of rotatable bonds is 3. The number of nitrogens with zero attached hydrogens (tertiary/aromatic N) is 1. The number of amides is 1. The van der Waals surface area contributed by atoms with Crippen LogP contribution in [0.15, 0.2) is 78.4 Å². The second kappa shape index (κ2) is 7.55. The summed E-state index contributed by atoms with van der Waals surface area (Å²) in [5, 5.41) is 11.0. The number of carbonyl (C=O) groups is 2. The Morgan fingerprint density at radius 3 is 2.23 bits per heavy atom. The average molecular weight is 405 g/mol. The monoisotopic (exact) mass is 405 g/mol. The molecule has 1 aliphatic rings. The number of anilines is 1. The van der Waals surface area contributed by atoms with E-state index in [0.29, 0.717) is 11.3 Å². The molecule has 0 saturated carbocycles. The molecule has 0 aliphatic carbocycles. The van der Waals surface area contributed by atoms with E-state index in [-0.39, 0.29) is 16.7 Å². The first-order chi connectivity index (χ1) is 14.4. The molecule has 1 atom stereocenters. The molecule has 1 heterocycles. The van der Waals surface area contributed by atoms with Crippen molar-refractivity contribution in [2.45, 2.75) is 13.0 Å². The maximum atomic E-state index is 13.7. The Balaban J connectivity index is 1.95. The van der Waals surface area contributed by atoms with Crippen molar-refractivity contribution in [3.8, 4) is 0 Å². The molecule has 0 bridgehead atoms. The van der Waals surface area contributed by atoms with E-state index >= 15 is 0 Å². The van der Waals surface area contributed by atoms with Gasteiger partial charge in [0.1, 0.15) is 17.4 Å². The summed E-state index contributed by atoms with van der Waals surface area (Å²) in [6, 6.07) is 16.9. The van der Waals surface area contributed by atoms with E-state index < -0.39 is 35.1 Å². The number of carbonyl (C=O) groups excluding carboxylic acids is 2. The summed E-state index contributed by atoms with van der Waals surface area (Å²) in [6.07, 6.45) is 0. The lowest BCUT2D eigenvalue weighted by Crippen LogP contribution is -2.29. The van der Waals surface area contributed by atoms with Crippen molar-refractivity contribution in [2.24, 2.45) is 0 Å². The van der Waals surface area contributed by atoms with Gasteiger partial charge in [-0.25, -0.2) is 8.78 Å². The fourth-order valence-electron chi connectivity index (χ4n) is 3.60. The molecule has 3 aromatic carbocycles. The fraction of sp³-hybridized carbons (Fsp3) is 0.0833. The molecule has 0 aromatic heterocycles. The van der Waals surface area contributed by atoms with E-state index in [4.69, 9.17) is 0 Å². The molecule has 0 spiro atoms. The fourth-order valence-corrected chi connectivity index (χ4v) is 3.60. The third kappa shape index (κ3) is 3.26. The van der Waals surface area contributed by atoms with Crippen molar-refractivity contribution in [2.75, 3.05) is 4.90 Å². The third-order valence-corrected chi connectivity index (χ3v) is 5.10. The lowest BCUT2D eigenvalue weighted by Gasteiger charge is -2.25. The third-order valence-electron chi connectivity index (χ3n) is 5.10. The smallest absolute Gasteiger partial charge is 0.300 e. The summed E-state index contributed by atoms with van der Waals surface area (Å²) in [6.45, 7) is 1.53. The largest absolute Gasteiger partial charge is 0.507 e. The Kier molecular flexibility index (Phi) is 4.91. The molecule has 1 fully saturated rings. The standard InChI is InChI=1S/C24H17F2NO3/c1-14-13-16(9-12-19(14)26)22(28)20-21(15-7-10-17(25)11-8-15)27(24(30)23(20)29)18-5-3-2-4-6-18/h2-13,21,28H,1H3/b22-20-. The molecular formula is C24H17F2NO3. The summed E-state index contributed by atoms with van der Waals surface area (Å²) in [5.41, 5.74) is 1.28. The Bertz CT molecular complexity index is 1170. The SMILES string of the molecule is Cc1cc(/C(O)=C2/C(=O)C(=O)N(c3ccccc3)C2c2ccc(F)cc2)ccc1F. The number of aliphatic hydroxyl groups is 1. The molecule has 150 valence electrons. The van der Waals surface area contributed by atoms with Gasteiger partial charge in [-0.2, -0.15) is 0 Å². The Morgan fingerprint density at radius 2 is 1.60 bits per heavy atom. The van der Waals surface area contributed by atoms with Gasteiger partial charge in [0, 0.05) is 11.3 Å². The van der Waals surface area contributed by atoms with Crippen LogP contribution < -0.4 is 4.90 Å². The summed E-state index contributed by atoms with van der Waals surface area (Å²) >= 11 is 0. The molecular weight excluding hydrogens is 388 g/mol. The Labute approximate surface area is 171 Å². The first kappa shape index (κ1) is 19.5. The van der Waals surface area contributed by atoms with Gasteiger partial charge in [-0.15, -0.1) is 0 Å². The maximum absolute atomic E-state index is 13.7. The number of aryl methyl sites for hydroxylation is 1. The molecule has 1 saturated heterocycles. The second-order valence-corrected chi connectivity index (χ2v) is 7.02. The van der Waals surface area contributed by atoms with Crippen LogP contribution in [0.25, 0.3) is 5.76 Å². The zero-order chi connectivity index (χ0) is 21.4. The van der Waals surface area contributed by atoms with Gasteiger partial charge in [0.05, 0.1) is 11.6 Å². The minimum absolute atomic E-state index is 0.138. The summed E-state index contributed by atoms with van der Waals surface area (Å²) in [7, 11) is 0. The summed E-state index contributed by atoms with van der Waals surface area (Å²) < 4.78 is 27.2. The zero-order valence-electron chi connectivity index (χ0n) is 16.0. The quantitative estimate of drug-likeness (QED) is 0.383. The minimum atomic E-state index is -0.960. The number of Topliss-reactive ketones (excluding diaryl/α,β-unsaturated/α-hetero) is 1. The maximum Gasteiger partial charge on any atom is 0.300 e. The van der Waals surface area contributed by atoms with Gasteiger partial charge in [-0.3, -0.25) is 14.5 Å². The van der Waals surface area contributed by atoms with E-state index in [1.807, 2.05) is 0 Å². The van der Waals surface area contributed by atoms with Crippen LogP contribution in [0, 0.1) is 18.6 Å². The Morgan fingerprint density at radius 1 is 0.933 bits per heavy atom. The van der Waals surface area contributed by atoms with Crippen molar-refractivity contribution in [3.63, 3.8) is 0 Å². The van der Waals surface area contributed by atoms with Gasteiger partial charge in [0.15, 0.2) is 0 Å².